The molecule has 3 N–H and O–H groups in total. The van der Waals surface area contributed by atoms with Gasteiger partial charge in [0.05, 0.1) is 26.4 Å². The summed E-state index contributed by atoms with van der Waals surface area (Å²) < 4.78 is 68.9. The topological polar surface area (TPSA) is 237 Å². The first-order valence-corrected chi connectivity index (χ1v) is 47.0. The van der Waals surface area contributed by atoms with Crippen molar-refractivity contribution in [2.24, 2.45) is 11.8 Å². The highest BCUT2D eigenvalue weighted by molar-refractivity contribution is 7.47. The van der Waals surface area contributed by atoms with Gasteiger partial charge in [0.25, 0.3) is 0 Å². The van der Waals surface area contributed by atoms with Crippen molar-refractivity contribution in [3.63, 3.8) is 0 Å². The Kier molecular flexibility index (Phi) is 75.0. The Bertz CT molecular complexity index is 1990. The second kappa shape index (κ2) is 76.4. The van der Waals surface area contributed by atoms with Crippen molar-refractivity contribution in [1.82, 2.24) is 0 Å². The van der Waals surface area contributed by atoms with Crippen LogP contribution in [0.5, 0.6) is 0 Å². The summed E-state index contributed by atoms with van der Waals surface area (Å²) >= 11 is 0. The molecule has 0 bridgehead atoms. The Morgan fingerprint density at radius 1 is 0.260 bits per heavy atom. The van der Waals surface area contributed by atoms with Gasteiger partial charge in [-0.3, -0.25) is 37.3 Å². The number of phosphoric ester groups is 2. The van der Waals surface area contributed by atoms with Gasteiger partial charge in [-0.25, -0.2) is 9.13 Å². The van der Waals surface area contributed by atoms with Gasteiger partial charge in [0.2, 0.25) is 0 Å². The predicted octanol–water partition coefficient (Wildman–Crippen LogP) is 25.8. The Morgan fingerprint density at radius 2 is 0.442 bits per heavy atom. The van der Waals surface area contributed by atoms with Gasteiger partial charge in [-0.15, -0.1) is 0 Å². The van der Waals surface area contributed by atoms with E-state index in [2.05, 4.69) is 41.5 Å². The first-order chi connectivity index (χ1) is 50.4. The number of ether oxygens (including phenoxy) is 4. The average molecular weight is 1520 g/mol. The minimum Gasteiger partial charge on any atom is -0.462 e. The SMILES string of the molecule is CCCCCCCCCCCCCCCCCCCCCCC(=O)O[C@H](COC(=O)CCCCCCCCCCCCCCCCCC(C)C)COP(=O)(O)OC[C@@H](O)COP(=O)(O)OC[C@@H](COC(=O)CCCCCCCCCCC(C)C)OC(=O)CCCCCCCCCCCCCCCCC. The summed E-state index contributed by atoms with van der Waals surface area (Å²) in [6, 6.07) is 0. The molecule has 0 fully saturated rings. The largest absolute Gasteiger partial charge is 0.472 e. The zero-order valence-corrected chi connectivity index (χ0v) is 70.1. The Hall–Kier alpha value is -1.94. The zero-order valence-electron chi connectivity index (χ0n) is 68.3. The fourth-order valence-electron chi connectivity index (χ4n) is 13.2. The number of esters is 4. The summed E-state index contributed by atoms with van der Waals surface area (Å²) in [5.41, 5.74) is 0. The molecule has 0 radical (unpaired) electrons. The molecule has 0 saturated carbocycles. The molecule has 19 heteroatoms. The maximum absolute atomic E-state index is 13.1. The van der Waals surface area contributed by atoms with Crippen LogP contribution in [0.1, 0.15) is 452 Å². The summed E-state index contributed by atoms with van der Waals surface area (Å²) in [6.45, 7) is 9.66. The number of aliphatic hydroxyl groups excluding tert-OH is 1. The molecule has 0 aliphatic heterocycles. The summed E-state index contributed by atoms with van der Waals surface area (Å²) in [6.07, 6.45) is 68.1. The van der Waals surface area contributed by atoms with Crippen LogP contribution in [0.4, 0.5) is 0 Å². The van der Waals surface area contributed by atoms with Gasteiger partial charge in [-0.05, 0) is 37.5 Å². The van der Waals surface area contributed by atoms with E-state index in [1.807, 2.05) is 0 Å². The summed E-state index contributed by atoms with van der Waals surface area (Å²) in [4.78, 5) is 73.2. The lowest BCUT2D eigenvalue weighted by atomic mass is 10.0. The van der Waals surface area contributed by atoms with E-state index in [9.17, 15) is 43.2 Å². The molecule has 0 amide bonds. The van der Waals surface area contributed by atoms with E-state index in [4.69, 9.17) is 37.0 Å². The van der Waals surface area contributed by atoms with Crippen molar-refractivity contribution in [2.45, 2.75) is 471 Å². The van der Waals surface area contributed by atoms with E-state index in [0.29, 0.717) is 25.7 Å². The van der Waals surface area contributed by atoms with E-state index in [1.54, 1.807) is 0 Å². The van der Waals surface area contributed by atoms with E-state index >= 15 is 0 Å². The Morgan fingerprint density at radius 3 is 0.654 bits per heavy atom. The molecular formula is C85H166O17P2. The predicted molar refractivity (Wildman–Crippen MR) is 428 cm³/mol. The maximum atomic E-state index is 13.1. The maximum Gasteiger partial charge on any atom is 0.472 e. The van der Waals surface area contributed by atoms with Crippen LogP contribution in [0.15, 0.2) is 0 Å². The summed E-state index contributed by atoms with van der Waals surface area (Å²) in [7, 11) is -9.93. The minimum atomic E-state index is -4.97. The number of rotatable bonds is 84. The number of hydrogen-bond acceptors (Lipinski definition) is 15. The van der Waals surface area contributed by atoms with Crippen molar-refractivity contribution < 1.29 is 80.2 Å². The molecule has 17 nitrogen and oxygen atoms in total. The number of hydrogen-bond donors (Lipinski definition) is 3. The minimum absolute atomic E-state index is 0.108. The van der Waals surface area contributed by atoms with Gasteiger partial charge in [0.15, 0.2) is 12.2 Å². The number of aliphatic hydroxyl groups is 1. The quantitative estimate of drug-likeness (QED) is 0.0222. The molecule has 0 aromatic heterocycles. The third-order valence-electron chi connectivity index (χ3n) is 20.0. The third kappa shape index (κ3) is 78.2. The second-order valence-electron chi connectivity index (χ2n) is 31.5. The van der Waals surface area contributed by atoms with Crippen molar-refractivity contribution >= 4 is 39.5 Å². The zero-order chi connectivity index (χ0) is 76.4. The van der Waals surface area contributed by atoms with Gasteiger partial charge in [0, 0.05) is 25.7 Å². The highest BCUT2D eigenvalue weighted by Gasteiger charge is 2.30. The van der Waals surface area contributed by atoms with Crippen LogP contribution in [0, 0.1) is 11.8 Å². The van der Waals surface area contributed by atoms with Crippen molar-refractivity contribution in [2.75, 3.05) is 39.6 Å². The molecule has 0 aromatic carbocycles. The number of phosphoric acid groups is 2. The molecule has 0 heterocycles. The Balaban J connectivity index is 5.24. The first kappa shape index (κ1) is 102. The van der Waals surface area contributed by atoms with E-state index in [0.717, 1.165) is 102 Å². The average Bonchev–Trinajstić information content (AvgIpc) is 0.959. The highest BCUT2D eigenvalue weighted by Crippen LogP contribution is 2.45. The van der Waals surface area contributed by atoms with Crippen LogP contribution in [-0.2, 0) is 65.4 Å². The monoisotopic (exact) mass is 1520 g/mol. The molecule has 0 rings (SSSR count). The first-order valence-electron chi connectivity index (χ1n) is 44.0. The van der Waals surface area contributed by atoms with Crippen molar-refractivity contribution in [3.8, 4) is 0 Å². The normalized spacial score (nSPS) is 13.8. The molecule has 5 atom stereocenters. The van der Waals surface area contributed by atoms with Crippen LogP contribution in [0.2, 0.25) is 0 Å². The fourth-order valence-corrected chi connectivity index (χ4v) is 14.8. The van der Waals surface area contributed by atoms with E-state index in [1.165, 1.54) is 270 Å². The molecule has 2 unspecified atom stereocenters. The lowest BCUT2D eigenvalue weighted by Gasteiger charge is -2.21. The number of unbranched alkanes of at least 4 members (excludes halogenated alkanes) is 54. The summed E-state index contributed by atoms with van der Waals surface area (Å²) in [5, 5.41) is 10.7. The van der Waals surface area contributed by atoms with E-state index in [-0.39, 0.29) is 25.7 Å². The van der Waals surface area contributed by atoms with Crippen LogP contribution >= 0.6 is 15.6 Å². The smallest absolute Gasteiger partial charge is 0.462 e. The van der Waals surface area contributed by atoms with Gasteiger partial charge in [-0.2, -0.15) is 0 Å². The van der Waals surface area contributed by atoms with Crippen LogP contribution in [0.3, 0.4) is 0 Å². The molecule has 0 spiro atoms. The van der Waals surface area contributed by atoms with Crippen LogP contribution in [0.25, 0.3) is 0 Å². The van der Waals surface area contributed by atoms with Gasteiger partial charge in [0.1, 0.15) is 19.3 Å². The molecule has 618 valence electrons. The summed E-state index contributed by atoms with van der Waals surface area (Å²) in [5.74, 6) is -0.570. The van der Waals surface area contributed by atoms with Gasteiger partial charge >= 0.3 is 39.5 Å². The fraction of sp³-hybridized carbons (Fsp3) is 0.953. The molecule has 0 aliphatic carbocycles. The standard InChI is InChI=1S/C85H166O17P2/c1-7-9-11-13-15-17-19-21-23-24-25-26-27-31-36-40-44-52-58-64-70-84(89)101-80(73-95-82(87)67-61-55-49-42-38-34-32-28-30-33-37-41-47-53-59-65-77(3)4)75-99-103(91,92)97-71-79(86)72-98-104(93,94)100-76-81(74-96-83(88)68-62-56-50-46-45-48-54-60-66-78(5)6)102-85(90)69-63-57-51-43-39-35-29-22-20-18-16-14-12-10-8-2/h77-81,86H,7-76H2,1-6H3,(H,91,92)(H,93,94)/t79-,80-,81-/m1/s1. The van der Waals surface area contributed by atoms with E-state index < -0.39 is 97.5 Å². The van der Waals surface area contributed by atoms with Crippen molar-refractivity contribution in [1.29, 1.82) is 0 Å². The van der Waals surface area contributed by atoms with Crippen LogP contribution in [-0.4, -0.2) is 96.7 Å². The molecule has 0 aromatic rings. The molecule has 104 heavy (non-hydrogen) atoms. The molecule has 0 saturated heterocycles. The van der Waals surface area contributed by atoms with Crippen LogP contribution < -0.4 is 0 Å². The number of carbonyl (C=O) groups is 4. The third-order valence-corrected chi connectivity index (χ3v) is 21.9. The lowest BCUT2D eigenvalue weighted by Crippen LogP contribution is -2.30. The molecular weight excluding hydrogens is 1350 g/mol. The number of carbonyl (C=O) groups excluding carboxylic acids is 4. The highest BCUT2D eigenvalue weighted by atomic mass is 31.2. The van der Waals surface area contributed by atoms with Crippen molar-refractivity contribution in [3.05, 3.63) is 0 Å². The van der Waals surface area contributed by atoms with Gasteiger partial charge in [-0.1, -0.05) is 401 Å². The Labute approximate surface area is 638 Å². The second-order valence-corrected chi connectivity index (χ2v) is 34.4. The van der Waals surface area contributed by atoms with Gasteiger partial charge < -0.3 is 33.8 Å². The molecule has 0 aliphatic rings. The lowest BCUT2D eigenvalue weighted by molar-refractivity contribution is -0.161.